The molecule has 0 unspecified atom stereocenters. The van der Waals surface area contributed by atoms with Gasteiger partial charge in [0, 0.05) is 13.6 Å². The van der Waals surface area contributed by atoms with Crippen LogP contribution in [0.3, 0.4) is 0 Å². The van der Waals surface area contributed by atoms with Gasteiger partial charge >= 0.3 is 5.97 Å². The van der Waals surface area contributed by atoms with Crippen molar-refractivity contribution in [2.45, 2.75) is 30.8 Å². The summed E-state index contributed by atoms with van der Waals surface area (Å²) in [6.45, 7) is 1.97. The predicted molar refractivity (Wildman–Crippen MR) is 76.7 cm³/mol. The lowest BCUT2D eigenvalue weighted by Crippen LogP contribution is -2.39. The van der Waals surface area contributed by atoms with Crippen LogP contribution in [-0.4, -0.2) is 48.6 Å². The van der Waals surface area contributed by atoms with Crippen molar-refractivity contribution in [2.75, 3.05) is 13.6 Å². The molecule has 0 atom stereocenters. The van der Waals surface area contributed by atoms with Crippen LogP contribution >= 0.6 is 0 Å². The lowest BCUT2D eigenvalue weighted by molar-refractivity contribution is 0.0367. The van der Waals surface area contributed by atoms with E-state index in [2.05, 4.69) is 0 Å². The van der Waals surface area contributed by atoms with Gasteiger partial charge in [0.1, 0.15) is 0 Å². The molecule has 1 aromatic rings. The highest BCUT2D eigenvalue weighted by Crippen LogP contribution is 2.29. The summed E-state index contributed by atoms with van der Waals surface area (Å²) < 4.78 is 26.3. The van der Waals surface area contributed by atoms with Crippen molar-refractivity contribution in [2.24, 2.45) is 5.92 Å². The minimum absolute atomic E-state index is 0.0183. The van der Waals surface area contributed by atoms with Crippen LogP contribution in [0.15, 0.2) is 23.1 Å². The highest BCUT2D eigenvalue weighted by atomic mass is 32.2. The molecule has 1 aliphatic rings. The van der Waals surface area contributed by atoms with Gasteiger partial charge in [0.15, 0.2) is 0 Å². The number of aliphatic hydroxyl groups is 1. The van der Waals surface area contributed by atoms with Gasteiger partial charge in [0.05, 0.1) is 16.6 Å². The van der Waals surface area contributed by atoms with Gasteiger partial charge in [-0.3, -0.25) is 0 Å². The summed E-state index contributed by atoms with van der Waals surface area (Å²) in [5.41, 5.74) is 0.465. The fourth-order valence-corrected chi connectivity index (χ4v) is 3.98. The van der Waals surface area contributed by atoms with Gasteiger partial charge in [-0.1, -0.05) is 6.07 Å². The number of hydrogen-bond acceptors (Lipinski definition) is 4. The normalized spacial score (nSPS) is 22.1. The number of carboxylic acids is 1. The second kappa shape index (κ2) is 5.75. The first kappa shape index (κ1) is 15.9. The van der Waals surface area contributed by atoms with Crippen molar-refractivity contribution < 1.29 is 23.4 Å². The molecule has 0 aliphatic heterocycles. The van der Waals surface area contributed by atoms with E-state index in [0.717, 1.165) is 0 Å². The molecule has 1 fully saturated rings. The molecule has 1 saturated carbocycles. The van der Waals surface area contributed by atoms with E-state index in [-0.39, 0.29) is 22.5 Å². The Morgan fingerprint density at radius 3 is 2.52 bits per heavy atom. The smallest absolute Gasteiger partial charge is 0.335 e. The van der Waals surface area contributed by atoms with Crippen LogP contribution in [0.2, 0.25) is 0 Å². The summed E-state index contributed by atoms with van der Waals surface area (Å²) in [4.78, 5) is 11.0. The average molecular weight is 313 g/mol. The van der Waals surface area contributed by atoms with Gasteiger partial charge in [-0.25, -0.2) is 17.5 Å². The Hall–Kier alpha value is -1.44. The number of aromatic carboxylic acids is 1. The third kappa shape index (κ3) is 3.25. The van der Waals surface area contributed by atoms with Gasteiger partial charge in [-0.15, -0.1) is 0 Å². The van der Waals surface area contributed by atoms with E-state index in [1.54, 1.807) is 6.92 Å². The second-order valence-electron chi connectivity index (χ2n) is 5.56. The summed E-state index contributed by atoms with van der Waals surface area (Å²) >= 11 is 0. The van der Waals surface area contributed by atoms with Crippen LogP contribution in [0, 0.1) is 12.8 Å². The molecule has 0 bridgehead atoms. The zero-order valence-corrected chi connectivity index (χ0v) is 12.8. The molecule has 116 valence electrons. The molecule has 0 heterocycles. The number of hydrogen-bond donors (Lipinski definition) is 2. The lowest BCUT2D eigenvalue weighted by atomic mass is 9.82. The highest BCUT2D eigenvalue weighted by Gasteiger charge is 2.32. The topological polar surface area (TPSA) is 94.9 Å². The Labute approximate surface area is 124 Å². The summed E-state index contributed by atoms with van der Waals surface area (Å²) in [5, 5.41) is 18.2. The molecule has 1 aliphatic carbocycles. The quantitative estimate of drug-likeness (QED) is 0.848. The van der Waals surface area contributed by atoms with Gasteiger partial charge in [0.25, 0.3) is 0 Å². The van der Waals surface area contributed by atoms with Crippen LogP contribution in [0.4, 0.5) is 0 Å². The fourth-order valence-electron chi connectivity index (χ4n) is 2.49. The number of carboxylic acid groups (broad SMARTS) is 1. The molecule has 2 rings (SSSR count). The third-order valence-corrected chi connectivity index (χ3v) is 5.81. The molecule has 0 amide bonds. The van der Waals surface area contributed by atoms with Gasteiger partial charge in [0.2, 0.25) is 10.0 Å². The fraction of sp³-hybridized carbons (Fsp3) is 0.500. The molecule has 0 aromatic heterocycles. The number of nitrogens with zero attached hydrogens (tertiary/aromatic N) is 1. The number of carbonyl (C=O) groups is 1. The third-order valence-electron chi connectivity index (χ3n) is 3.85. The summed E-state index contributed by atoms with van der Waals surface area (Å²) in [6.07, 6.45) is 0.880. The Balaban J connectivity index is 2.26. The van der Waals surface area contributed by atoms with Crippen LogP contribution in [0.25, 0.3) is 0 Å². The molecular formula is C14H19NO5S. The van der Waals surface area contributed by atoms with Crippen molar-refractivity contribution in [3.63, 3.8) is 0 Å². The predicted octanol–water partition coefficient (Wildman–Crippen LogP) is 1.08. The summed E-state index contributed by atoms with van der Waals surface area (Å²) in [5.74, 6) is -1.00. The van der Waals surface area contributed by atoms with Crippen LogP contribution in [-0.2, 0) is 10.0 Å². The maximum atomic E-state index is 12.6. The maximum Gasteiger partial charge on any atom is 0.335 e. The Bertz CT molecular complexity index is 649. The van der Waals surface area contributed by atoms with Gasteiger partial charge < -0.3 is 10.2 Å². The minimum Gasteiger partial charge on any atom is -0.478 e. The van der Waals surface area contributed by atoms with Crippen molar-refractivity contribution in [3.05, 3.63) is 29.3 Å². The zero-order valence-electron chi connectivity index (χ0n) is 12.0. The Kier molecular flexibility index (Phi) is 4.36. The van der Waals surface area contributed by atoms with Crippen LogP contribution in [0.1, 0.15) is 28.8 Å². The SMILES string of the molecule is Cc1ccc(C(=O)O)cc1S(=O)(=O)N(C)CC1CC(O)C1. The van der Waals surface area contributed by atoms with Crippen LogP contribution < -0.4 is 0 Å². The maximum absolute atomic E-state index is 12.6. The van der Waals surface area contributed by atoms with E-state index in [1.165, 1.54) is 29.6 Å². The number of aliphatic hydroxyl groups excluding tert-OH is 1. The lowest BCUT2D eigenvalue weighted by Gasteiger charge is -2.34. The van der Waals surface area contributed by atoms with E-state index in [4.69, 9.17) is 5.11 Å². The first-order valence-electron chi connectivity index (χ1n) is 6.70. The molecule has 0 saturated heterocycles. The Morgan fingerprint density at radius 2 is 2.00 bits per heavy atom. The van der Waals surface area contributed by atoms with Crippen molar-refractivity contribution >= 4 is 16.0 Å². The van der Waals surface area contributed by atoms with Gasteiger partial charge in [-0.2, -0.15) is 0 Å². The average Bonchev–Trinajstić information content (AvgIpc) is 2.36. The van der Waals surface area contributed by atoms with Crippen molar-refractivity contribution in [3.8, 4) is 0 Å². The van der Waals surface area contributed by atoms with E-state index in [0.29, 0.717) is 24.9 Å². The first-order valence-corrected chi connectivity index (χ1v) is 8.14. The molecule has 7 heteroatoms. The molecular weight excluding hydrogens is 294 g/mol. The minimum atomic E-state index is -3.73. The second-order valence-corrected chi connectivity index (χ2v) is 7.58. The number of rotatable bonds is 5. The van der Waals surface area contributed by atoms with E-state index >= 15 is 0 Å². The van der Waals surface area contributed by atoms with E-state index in [1.807, 2.05) is 0 Å². The highest BCUT2D eigenvalue weighted by molar-refractivity contribution is 7.89. The van der Waals surface area contributed by atoms with E-state index in [9.17, 15) is 18.3 Å². The summed E-state index contributed by atoms with van der Waals surface area (Å²) in [7, 11) is -2.25. The Morgan fingerprint density at radius 1 is 1.38 bits per heavy atom. The molecule has 6 nitrogen and oxygen atoms in total. The monoisotopic (exact) mass is 313 g/mol. The number of sulfonamides is 1. The molecule has 21 heavy (non-hydrogen) atoms. The molecule has 2 N–H and O–H groups in total. The molecule has 0 radical (unpaired) electrons. The van der Waals surface area contributed by atoms with Crippen molar-refractivity contribution in [1.82, 2.24) is 4.31 Å². The largest absolute Gasteiger partial charge is 0.478 e. The molecule has 1 aromatic carbocycles. The zero-order chi connectivity index (χ0) is 15.8. The molecule has 0 spiro atoms. The summed E-state index contributed by atoms with van der Waals surface area (Å²) in [6, 6.07) is 4.08. The van der Waals surface area contributed by atoms with E-state index < -0.39 is 16.0 Å². The number of benzene rings is 1. The standard InChI is InChI=1S/C14H19NO5S/c1-9-3-4-11(14(17)18)7-13(9)21(19,20)15(2)8-10-5-12(16)6-10/h3-4,7,10,12,16H,5-6,8H2,1-2H3,(H,17,18). The van der Waals surface area contributed by atoms with Crippen molar-refractivity contribution in [1.29, 1.82) is 0 Å². The number of aryl methyl sites for hydroxylation is 1. The van der Waals surface area contributed by atoms with Crippen LogP contribution in [0.5, 0.6) is 0 Å². The van der Waals surface area contributed by atoms with Gasteiger partial charge in [-0.05, 0) is 43.4 Å². The first-order chi connectivity index (χ1) is 9.71.